The number of ether oxygens (including phenoxy) is 2. The van der Waals surface area contributed by atoms with Crippen LogP contribution >= 0.6 is 0 Å². The number of carbonyl (C=O) groups excluding carboxylic acids is 1. The first kappa shape index (κ1) is 20.7. The van der Waals surface area contributed by atoms with E-state index in [4.69, 9.17) is 9.47 Å². The van der Waals surface area contributed by atoms with Crippen LogP contribution in [0.15, 0.2) is 66.7 Å². The smallest absolute Gasteiger partial charge is 0.276 e. The van der Waals surface area contributed by atoms with Crippen molar-refractivity contribution in [2.24, 2.45) is 0 Å². The molecule has 0 aromatic heterocycles. The molecule has 0 atom stereocenters. The van der Waals surface area contributed by atoms with Crippen LogP contribution in [0.4, 0.5) is 14.5 Å². The highest BCUT2D eigenvalue weighted by molar-refractivity contribution is 5.94. The zero-order valence-corrected chi connectivity index (χ0v) is 15.5. The largest absolute Gasteiger partial charge is 0.457 e. The molecule has 7 nitrogen and oxygen atoms in total. The monoisotopic (exact) mass is 414 g/mol. The van der Waals surface area contributed by atoms with Crippen LogP contribution in [0.1, 0.15) is 10.4 Å². The molecule has 0 spiro atoms. The van der Waals surface area contributed by atoms with E-state index in [1.165, 1.54) is 66.7 Å². The van der Waals surface area contributed by atoms with Crippen molar-refractivity contribution in [2.45, 2.75) is 0 Å². The minimum absolute atomic E-state index is 0.0817. The topological polar surface area (TPSA) is 90.7 Å². The fraction of sp³-hybridized carbons (Fsp3) is 0.0952. The Bertz CT molecular complexity index is 1040. The predicted octanol–water partition coefficient (Wildman–Crippen LogP) is 5.02. The molecule has 3 aromatic carbocycles. The minimum Gasteiger partial charge on any atom is -0.457 e. The number of hydrogen-bond acceptors (Lipinski definition) is 5. The van der Waals surface area contributed by atoms with Crippen LogP contribution in [0.2, 0.25) is 0 Å². The lowest BCUT2D eigenvalue weighted by Gasteiger charge is -2.10. The van der Waals surface area contributed by atoms with Gasteiger partial charge in [-0.05, 0) is 48.5 Å². The summed E-state index contributed by atoms with van der Waals surface area (Å²) in [5, 5.41) is 13.6. The van der Waals surface area contributed by atoms with E-state index in [2.05, 4.69) is 5.32 Å². The van der Waals surface area contributed by atoms with Gasteiger partial charge in [-0.25, -0.2) is 8.78 Å². The number of non-ortho nitro benzene ring substituents is 1. The number of nitro groups is 1. The van der Waals surface area contributed by atoms with Gasteiger partial charge in [-0.1, -0.05) is 0 Å². The maximum atomic E-state index is 13.0. The van der Waals surface area contributed by atoms with E-state index >= 15 is 0 Å². The van der Waals surface area contributed by atoms with Gasteiger partial charge < -0.3 is 14.8 Å². The molecule has 1 N–H and O–H groups in total. The Labute approximate surface area is 170 Å². The minimum atomic E-state index is -0.665. The number of nitro benzene ring substituents is 1. The lowest BCUT2D eigenvalue weighted by Crippen LogP contribution is -2.25. The quantitative estimate of drug-likeness (QED) is 0.413. The van der Waals surface area contributed by atoms with Crippen LogP contribution in [-0.4, -0.2) is 24.0 Å². The number of halogens is 2. The Morgan fingerprint density at radius 1 is 0.900 bits per heavy atom. The van der Waals surface area contributed by atoms with Crippen molar-refractivity contribution in [1.82, 2.24) is 5.32 Å². The predicted molar refractivity (Wildman–Crippen MR) is 104 cm³/mol. The van der Waals surface area contributed by atoms with Gasteiger partial charge >= 0.3 is 0 Å². The van der Waals surface area contributed by atoms with E-state index < -0.39 is 23.3 Å². The fourth-order valence-electron chi connectivity index (χ4n) is 2.49. The summed E-state index contributed by atoms with van der Waals surface area (Å²) in [4.78, 5) is 22.4. The van der Waals surface area contributed by atoms with Crippen molar-refractivity contribution < 1.29 is 28.0 Å². The van der Waals surface area contributed by atoms with Crippen molar-refractivity contribution in [2.75, 3.05) is 13.2 Å². The maximum absolute atomic E-state index is 13.0. The van der Waals surface area contributed by atoms with Crippen molar-refractivity contribution in [3.8, 4) is 23.0 Å². The van der Waals surface area contributed by atoms with E-state index in [0.29, 0.717) is 17.1 Å². The van der Waals surface area contributed by atoms with Crippen LogP contribution in [-0.2, 0) is 0 Å². The molecule has 3 aromatic rings. The van der Waals surface area contributed by atoms with Crippen LogP contribution < -0.4 is 14.8 Å². The van der Waals surface area contributed by atoms with Crippen LogP contribution in [0.3, 0.4) is 0 Å². The summed E-state index contributed by atoms with van der Waals surface area (Å²) >= 11 is 0. The standard InChI is InChI=1S/C21H16F2N2O5/c22-9-10-24-21(26)14-1-5-17(6-2-14)29-19-11-16(25(27)28)12-20(13-19)30-18-7-3-15(23)4-8-18/h1-8,11-13H,9-10H2,(H,24,26). The molecule has 0 aliphatic rings. The average molecular weight is 414 g/mol. The summed E-state index contributed by atoms with van der Waals surface area (Å²) in [5.74, 6) is 0.0255. The highest BCUT2D eigenvalue weighted by Gasteiger charge is 2.13. The molecule has 0 unspecified atom stereocenters. The first-order valence-corrected chi connectivity index (χ1v) is 8.79. The van der Waals surface area contributed by atoms with Crippen molar-refractivity contribution in [3.05, 3.63) is 88.2 Å². The molecule has 9 heteroatoms. The maximum Gasteiger partial charge on any atom is 0.276 e. The van der Waals surface area contributed by atoms with E-state index in [0.717, 1.165) is 0 Å². The Hall–Kier alpha value is -4.01. The number of alkyl halides is 1. The number of hydrogen-bond donors (Lipinski definition) is 1. The Morgan fingerprint density at radius 2 is 1.43 bits per heavy atom. The fourth-order valence-corrected chi connectivity index (χ4v) is 2.49. The molecule has 0 bridgehead atoms. The molecule has 0 fully saturated rings. The van der Waals surface area contributed by atoms with Gasteiger partial charge in [0.15, 0.2) is 0 Å². The van der Waals surface area contributed by atoms with Crippen molar-refractivity contribution >= 4 is 11.6 Å². The number of amides is 1. The van der Waals surface area contributed by atoms with Gasteiger partial charge in [0.1, 0.15) is 35.5 Å². The summed E-state index contributed by atoms with van der Waals surface area (Å²) < 4.78 is 36.4. The van der Waals surface area contributed by atoms with Gasteiger partial charge in [0.25, 0.3) is 11.6 Å². The Balaban J connectivity index is 1.79. The van der Waals surface area contributed by atoms with Gasteiger partial charge in [-0.15, -0.1) is 0 Å². The Kier molecular flexibility index (Phi) is 6.53. The van der Waals surface area contributed by atoms with Crippen LogP contribution in [0, 0.1) is 15.9 Å². The first-order chi connectivity index (χ1) is 14.4. The van der Waals surface area contributed by atoms with Gasteiger partial charge in [-0.2, -0.15) is 0 Å². The molecule has 0 heterocycles. The summed E-state index contributed by atoms with van der Waals surface area (Å²) in [6.07, 6.45) is 0. The molecule has 0 radical (unpaired) electrons. The highest BCUT2D eigenvalue weighted by Crippen LogP contribution is 2.33. The number of rotatable bonds is 8. The summed E-state index contributed by atoms with van der Waals surface area (Å²) in [6.45, 7) is -0.746. The summed E-state index contributed by atoms with van der Waals surface area (Å²) in [6, 6.07) is 15.0. The third-order valence-electron chi connectivity index (χ3n) is 3.86. The van der Waals surface area contributed by atoms with Gasteiger partial charge in [0.2, 0.25) is 0 Å². The highest BCUT2D eigenvalue weighted by atomic mass is 19.1. The van der Waals surface area contributed by atoms with E-state index in [-0.39, 0.29) is 23.7 Å². The third-order valence-corrected chi connectivity index (χ3v) is 3.86. The molecule has 0 aliphatic carbocycles. The second-order valence-electron chi connectivity index (χ2n) is 6.05. The second kappa shape index (κ2) is 9.46. The van der Waals surface area contributed by atoms with E-state index in [9.17, 15) is 23.7 Å². The van der Waals surface area contributed by atoms with Gasteiger partial charge in [0.05, 0.1) is 17.1 Å². The summed E-state index contributed by atoms with van der Waals surface area (Å²) in [5.41, 5.74) is 0.0574. The molecule has 0 aliphatic heterocycles. The van der Waals surface area contributed by atoms with Crippen LogP contribution in [0.5, 0.6) is 23.0 Å². The van der Waals surface area contributed by atoms with Crippen molar-refractivity contribution in [3.63, 3.8) is 0 Å². The molecule has 30 heavy (non-hydrogen) atoms. The van der Waals surface area contributed by atoms with Crippen LogP contribution in [0.25, 0.3) is 0 Å². The average Bonchev–Trinajstić information content (AvgIpc) is 2.74. The number of benzene rings is 3. The lowest BCUT2D eigenvalue weighted by atomic mass is 10.2. The molecule has 0 saturated heterocycles. The lowest BCUT2D eigenvalue weighted by molar-refractivity contribution is -0.385. The number of nitrogens with one attached hydrogen (secondary N) is 1. The molecule has 0 saturated carbocycles. The zero-order valence-electron chi connectivity index (χ0n) is 15.5. The first-order valence-electron chi connectivity index (χ1n) is 8.79. The number of nitrogens with zero attached hydrogens (tertiary/aromatic N) is 1. The summed E-state index contributed by atoms with van der Waals surface area (Å²) in [7, 11) is 0. The zero-order chi connectivity index (χ0) is 21.5. The normalized spacial score (nSPS) is 10.3. The SMILES string of the molecule is O=C(NCCF)c1ccc(Oc2cc(Oc3ccc(F)cc3)cc([N+](=O)[O-])c2)cc1. The molecular formula is C21H16F2N2O5. The van der Waals surface area contributed by atoms with E-state index in [1.54, 1.807) is 0 Å². The van der Waals surface area contributed by atoms with Gasteiger partial charge in [-0.3, -0.25) is 14.9 Å². The Morgan fingerprint density at radius 3 is 1.93 bits per heavy atom. The third kappa shape index (κ3) is 5.51. The van der Waals surface area contributed by atoms with E-state index in [1.807, 2.05) is 0 Å². The second-order valence-corrected chi connectivity index (χ2v) is 6.05. The van der Waals surface area contributed by atoms with Crippen molar-refractivity contribution in [1.29, 1.82) is 0 Å². The number of carbonyl (C=O) groups is 1. The molecular weight excluding hydrogens is 398 g/mol. The van der Waals surface area contributed by atoms with Gasteiger partial charge in [0, 0.05) is 18.2 Å². The molecule has 1 amide bonds. The molecule has 154 valence electrons. The molecule has 3 rings (SSSR count).